The summed E-state index contributed by atoms with van der Waals surface area (Å²) in [5.41, 5.74) is 1.34. The molecule has 0 spiro atoms. The van der Waals surface area contributed by atoms with Gasteiger partial charge < -0.3 is 20.1 Å². The van der Waals surface area contributed by atoms with Gasteiger partial charge in [-0.2, -0.15) is 0 Å². The molecule has 0 heterocycles. The molecule has 0 aliphatic rings. The normalized spacial score (nSPS) is 12.0. The Kier molecular flexibility index (Phi) is 7.47. The van der Waals surface area contributed by atoms with E-state index < -0.39 is 0 Å². The van der Waals surface area contributed by atoms with Crippen molar-refractivity contribution in [3.8, 4) is 11.5 Å². The minimum absolute atomic E-state index is 0.0761. The number of carbonyl (C=O) groups excluding carboxylic acids is 1. The Hall–Kier alpha value is -2.69. The van der Waals surface area contributed by atoms with Crippen molar-refractivity contribution >= 4 is 5.91 Å². The van der Waals surface area contributed by atoms with Gasteiger partial charge in [-0.15, -0.1) is 0 Å². The molecular formula is C18H24N2O3. The molecule has 1 aromatic rings. The Balaban J connectivity index is 2.70. The molecule has 0 bridgehead atoms. The van der Waals surface area contributed by atoms with Gasteiger partial charge >= 0.3 is 0 Å². The number of carbonyl (C=O) groups is 1. The van der Waals surface area contributed by atoms with E-state index >= 15 is 0 Å². The second kappa shape index (κ2) is 9.35. The second-order valence-electron chi connectivity index (χ2n) is 4.92. The highest BCUT2D eigenvalue weighted by atomic mass is 16.5. The van der Waals surface area contributed by atoms with Crippen LogP contribution in [0.3, 0.4) is 0 Å². The first-order valence-corrected chi connectivity index (χ1v) is 7.27. The topological polar surface area (TPSA) is 59.6 Å². The van der Waals surface area contributed by atoms with Crippen LogP contribution >= 0.6 is 0 Å². The van der Waals surface area contributed by atoms with Crippen LogP contribution in [-0.2, 0) is 0 Å². The summed E-state index contributed by atoms with van der Waals surface area (Å²) in [7, 11) is 3.09. The predicted molar refractivity (Wildman–Crippen MR) is 93.0 cm³/mol. The van der Waals surface area contributed by atoms with E-state index in [1.54, 1.807) is 44.6 Å². The fourth-order valence-corrected chi connectivity index (χ4v) is 1.89. The molecule has 0 aromatic heterocycles. The van der Waals surface area contributed by atoms with E-state index in [9.17, 15) is 4.79 Å². The summed E-state index contributed by atoms with van der Waals surface area (Å²) in [4.78, 5) is 12.3. The van der Waals surface area contributed by atoms with Crippen LogP contribution in [0.25, 0.3) is 0 Å². The summed E-state index contributed by atoms with van der Waals surface area (Å²) >= 11 is 0. The summed E-state index contributed by atoms with van der Waals surface area (Å²) < 4.78 is 10.3. The Labute approximate surface area is 137 Å². The van der Waals surface area contributed by atoms with E-state index in [0.29, 0.717) is 23.6 Å². The quantitative estimate of drug-likeness (QED) is 0.688. The monoisotopic (exact) mass is 316 g/mol. The van der Waals surface area contributed by atoms with Gasteiger partial charge in [0.2, 0.25) is 0 Å². The summed E-state index contributed by atoms with van der Waals surface area (Å²) in [6.45, 7) is 9.83. The number of hydrogen-bond donors (Lipinski definition) is 2. The van der Waals surface area contributed by atoms with Gasteiger partial charge in [-0.3, -0.25) is 4.79 Å². The Morgan fingerprint density at radius 2 is 1.83 bits per heavy atom. The SMILES string of the molecule is C=C/C=C(\C=C)NCC(C)NC(=O)c1cc(OC)cc(OC)c1. The van der Waals surface area contributed by atoms with E-state index in [2.05, 4.69) is 23.8 Å². The van der Waals surface area contributed by atoms with Crippen molar-refractivity contribution in [1.82, 2.24) is 10.6 Å². The van der Waals surface area contributed by atoms with Crippen LogP contribution in [0.1, 0.15) is 17.3 Å². The van der Waals surface area contributed by atoms with Crippen molar-refractivity contribution < 1.29 is 14.3 Å². The molecule has 0 aliphatic heterocycles. The van der Waals surface area contributed by atoms with E-state index in [0.717, 1.165) is 5.70 Å². The number of amides is 1. The molecule has 0 radical (unpaired) electrons. The minimum Gasteiger partial charge on any atom is -0.497 e. The molecule has 1 atom stereocenters. The average molecular weight is 316 g/mol. The van der Waals surface area contributed by atoms with Crippen molar-refractivity contribution in [2.45, 2.75) is 13.0 Å². The van der Waals surface area contributed by atoms with Crippen molar-refractivity contribution in [1.29, 1.82) is 0 Å². The van der Waals surface area contributed by atoms with Crippen LogP contribution in [-0.4, -0.2) is 32.7 Å². The molecule has 1 unspecified atom stereocenters. The van der Waals surface area contributed by atoms with E-state index in [4.69, 9.17) is 9.47 Å². The van der Waals surface area contributed by atoms with Crippen LogP contribution in [0.5, 0.6) is 11.5 Å². The smallest absolute Gasteiger partial charge is 0.251 e. The van der Waals surface area contributed by atoms with Gasteiger partial charge in [0.25, 0.3) is 5.91 Å². The first kappa shape index (κ1) is 18.4. The Morgan fingerprint density at radius 1 is 1.22 bits per heavy atom. The van der Waals surface area contributed by atoms with Gasteiger partial charge in [-0.05, 0) is 31.2 Å². The maximum absolute atomic E-state index is 12.3. The largest absolute Gasteiger partial charge is 0.497 e. The number of methoxy groups -OCH3 is 2. The molecule has 1 aromatic carbocycles. The summed E-state index contributed by atoms with van der Waals surface area (Å²) in [6.07, 6.45) is 5.19. The zero-order chi connectivity index (χ0) is 17.2. The lowest BCUT2D eigenvalue weighted by molar-refractivity contribution is 0.0939. The fourth-order valence-electron chi connectivity index (χ4n) is 1.89. The van der Waals surface area contributed by atoms with Gasteiger partial charge in [-0.25, -0.2) is 0 Å². The molecule has 0 aliphatic carbocycles. The van der Waals surface area contributed by atoms with Gasteiger partial charge in [-0.1, -0.05) is 19.2 Å². The van der Waals surface area contributed by atoms with E-state index in [-0.39, 0.29) is 11.9 Å². The lowest BCUT2D eigenvalue weighted by Gasteiger charge is -2.16. The maximum atomic E-state index is 12.3. The van der Waals surface area contributed by atoms with Crippen LogP contribution in [0.2, 0.25) is 0 Å². The van der Waals surface area contributed by atoms with Gasteiger partial charge in [0.15, 0.2) is 0 Å². The first-order valence-electron chi connectivity index (χ1n) is 7.27. The average Bonchev–Trinajstić information content (AvgIpc) is 2.57. The molecule has 5 nitrogen and oxygen atoms in total. The van der Waals surface area contributed by atoms with E-state index in [1.807, 2.05) is 13.0 Å². The third-order valence-corrected chi connectivity index (χ3v) is 3.12. The molecule has 1 amide bonds. The van der Waals surface area contributed by atoms with Crippen molar-refractivity contribution in [3.05, 3.63) is 60.8 Å². The molecular weight excluding hydrogens is 292 g/mol. The zero-order valence-corrected chi connectivity index (χ0v) is 13.9. The molecule has 5 heteroatoms. The Bertz CT molecular complexity index is 572. The second-order valence-corrected chi connectivity index (χ2v) is 4.92. The number of nitrogens with one attached hydrogen (secondary N) is 2. The van der Waals surface area contributed by atoms with Crippen LogP contribution < -0.4 is 20.1 Å². The molecule has 23 heavy (non-hydrogen) atoms. The molecule has 0 saturated heterocycles. The molecule has 124 valence electrons. The van der Waals surface area contributed by atoms with Gasteiger partial charge in [0.05, 0.1) is 14.2 Å². The predicted octanol–water partition coefficient (Wildman–Crippen LogP) is 2.67. The molecule has 2 N–H and O–H groups in total. The van der Waals surface area contributed by atoms with Gasteiger partial charge in [0.1, 0.15) is 11.5 Å². The maximum Gasteiger partial charge on any atom is 0.251 e. The number of hydrogen-bond acceptors (Lipinski definition) is 4. The number of allylic oxidation sites excluding steroid dienone is 3. The van der Waals surface area contributed by atoms with Gasteiger partial charge in [0, 0.05) is 29.9 Å². The highest BCUT2D eigenvalue weighted by molar-refractivity contribution is 5.95. The van der Waals surface area contributed by atoms with Crippen LogP contribution in [0, 0.1) is 0 Å². The summed E-state index contributed by atoms with van der Waals surface area (Å²) in [5.74, 6) is 0.954. The van der Waals surface area contributed by atoms with Crippen molar-refractivity contribution in [2.24, 2.45) is 0 Å². The number of benzene rings is 1. The Morgan fingerprint density at radius 3 is 2.30 bits per heavy atom. The minimum atomic E-state index is -0.190. The standard InChI is InChI=1S/C18H24N2O3/c1-6-8-15(7-2)19-12-13(3)20-18(21)14-9-16(22-4)11-17(10-14)23-5/h6-11,13,19H,1-2,12H2,3-5H3,(H,20,21)/b15-8+. The van der Waals surface area contributed by atoms with Crippen molar-refractivity contribution in [2.75, 3.05) is 20.8 Å². The third kappa shape index (κ3) is 5.90. The highest BCUT2D eigenvalue weighted by Crippen LogP contribution is 2.22. The van der Waals surface area contributed by atoms with Crippen LogP contribution in [0.4, 0.5) is 0 Å². The van der Waals surface area contributed by atoms with E-state index in [1.165, 1.54) is 0 Å². The first-order chi connectivity index (χ1) is 11.0. The van der Waals surface area contributed by atoms with Crippen molar-refractivity contribution in [3.63, 3.8) is 0 Å². The molecule has 0 fully saturated rings. The summed E-state index contributed by atoms with van der Waals surface area (Å²) in [6, 6.07) is 4.99. The summed E-state index contributed by atoms with van der Waals surface area (Å²) in [5, 5.41) is 6.10. The van der Waals surface area contributed by atoms with Crippen LogP contribution in [0.15, 0.2) is 55.3 Å². The zero-order valence-electron chi connectivity index (χ0n) is 13.9. The fraction of sp³-hybridized carbons (Fsp3) is 0.278. The number of rotatable bonds is 9. The third-order valence-electron chi connectivity index (χ3n) is 3.12. The lowest BCUT2D eigenvalue weighted by Crippen LogP contribution is -2.39. The molecule has 1 rings (SSSR count). The lowest BCUT2D eigenvalue weighted by atomic mass is 10.1. The molecule has 0 saturated carbocycles. The highest BCUT2D eigenvalue weighted by Gasteiger charge is 2.12. The number of ether oxygens (including phenoxy) is 2.